The smallest absolute Gasteiger partial charge is 0.263 e. The number of ether oxygens (including phenoxy) is 2. The number of hydrogen-bond donors (Lipinski definition) is 2. The van der Waals surface area contributed by atoms with E-state index in [9.17, 15) is 4.79 Å². The van der Waals surface area contributed by atoms with Gasteiger partial charge in [0.05, 0.1) is 25.4 Å². The standard InChI is InChI=1S/C23H23N3O3S/c1-13-4-6-17-15(10-13)12-16-20(24)21(30-23(16)26-17)22(27)25-9-8-14-5-7-18(28-2)19(11-14)29-3/h4-7,10-12H,8-9,24H2,1-3H3,(H,25,27). The van der Waals surface area contributed by atoms with Gasteiger partial charge in [0.1, 0.15) is 9.71 Å². The normalized spacial score (nSPS) is 11.0. The quantitative estimate of drug-likeness (QED) is 0.484. The number of methoxy groups -OCH3 is 2. The molecule has 30 heavy (non-hydrogen) atoms. The Labute approximate surface area is 178 Å². The molecule has 2 aromatic heterocycles. The Hall–Kier alpha value is -3.32. The van der Waals surface area contributed by atoms with Gasteiger partial charge in [-0.15, -0.1) is 11.3 Å². The molecule has 1 amide bonds. The van der Waals surface area contributed by atoms with Gasteiger partial charge in [0.15, 0.2) is 11.5 Å². The van der Waals surface area contributed by atoms with Crippen molar-refractivity contribution in [1.29, 1.82) is 0 Å². The van der Waals surface area contributed by atoms with Gasteiger partial charge in [0.2, 0.25) is 0 Å². The van der Waals surface area contributed by atoms with Crippen molar-refractivity contribution >= 4 is 44.1 Å². The van der Waals surface area contributed by atoms with Gasteiger partial charge in [-0.3, -0.25) is 4.79 Å². The molecule has 0 aliphatic rings. The van der Waals surface area contributed by atoms with Crippen LogP contribution in [0.4, 0.5) is 5.69 Å². The number of carbonyl (C=O) groups excluding carboxylic acids is 1. The van der Waals surface area contributed by atoms with Gasteiger partial charge in [-0.2, -0.15) is 0 Å². The molecule has 2 aromatic carbocycles. The van der Waals surface area contributed by atoms with Crippen molar-refractivity contribution in [2.24, 2.45) is 0 Å². The van der Waals surface area contributed by atoms with Crippen LogP contribution in [0.25, 0.3) is 21.1 Å². The molecule has 3 N–H and O–H groups in total. The van der Waals surface area contributed by atoms with Crippen LogP contribution in [-0.4, -0.2) is 31.7 Å². The second-order valence-corrected chi connectivity index (χ2v) is 8.08. The summed E-state index contributed by atoms with van der Waals surface area (Å²) in [5.41, 5.74) is 9.88. The van der Waals surface area contributed by atoms with Crippen LogP contribution in [0.2, 0.25) is 0 Å². The number of benzene rings is 2. The molecule has 6 nitrogen and oxygen atoms in total. The van der Waals surface area contributed by atoms with Crippen LogP contribution < -0.4 is 20.5 Å². The van der Waals surface area contributed by atoms with Gasteiger partial charge in [0, 0.05) is 17.3 Å². The predicted molar refractivity (Wildman–Crippen MR) is 122 cm³/mol. The topological polar surface area (TPSA) is 86.5 Å². The Morgan fingerprint density at radius 1 is 1.10 bits per heavy atom. The van der Waals surface area contributed by atoms with E-state index < -0.39 is 0 Å². The van der Waals surface area contributed by atoms with Crippen molar-refractivity contribution in [2.75, 3.05) is 26.5 Å². The van der Waals surface area contributed by atoms with Crippen LogP contribution in [0, 0.1) is 6.92 Å². The number of hydrogen-bond acceptors (Lipinski definition) is 6. The molecule has 0 spiro atoms. The molecule has 4 rings (SSSR count). The zero-order valence-electron chi connectivity index (χ0n) is 17.1. The molecular formula is C23H23N3O3S. The van der Waals surface area contributed by atoms with Gasteiger partial charge < -0.3 is 20.5 Å². The van der Waals surface area contributed by atoms with E-state index in [4.69, 9.17) is 15.2 Å². The fourth-order valence-corrected chi connectivity index (χ4v) is 4.43. The number of carbonyl (C=O) groups is 1. The third-order valence-corrected chi connectivity index (χ3v) is 6.14. The lowest BCUT2D eigenvalue weighted by molar-refractivity contribution is 0.0959. The maximum Gasteiger partial charge on any atom is 0.263 e. The number of thiophene rings is 1. The number of fused-ring (bicyclic) bond motifs is 2. The first-order valence-electron chi connectivity index (χ1n) is 9.58. The van der Waals surface area contributed by atoms with Gasteiger partial charge in [-0.1, -0.05) is 17.7 Å². The molecule has 2 heterocycles. The van der Waals surface area contributed by atoms with E-state index in [-0.39, 0.29) is 5.91 Å². The number of nitrogens with zero attached hydrogens (tertiary/aromatic N) is 1. The molecule has 0 radical (unpaired) electrons. The Kier molecular flexibility index (Phi) is 5.46. The van der Waals surface area contributed by atoms with Crippen LogP contribution >= 0.6 is 11.3 Å². The van der Waals surface area contributed by atoms with Crippen LogP contribution in [0.3, 0.4) is 0 Å². The van der Waals surface area contributed by atoms with Crippen molar-refractivity contribution in [2.45, 2.75) is 13.3 Å². The molecule has 0 aliphatic carbocycles. The summed E-state index contributed by atoms with van der Waals surface area (Å²) in [5, 5.41) is 4.80. The van der Waals surface area contributed by atoms with Crippen LogP contribution in [0.15, 0.2) is 42.5 Å². The largest absolute Gasteiger partial charge is 0.493 e. The monoisotopic (exact) mass is 421 g/mol. The maximum atomic E-state index is 12.7. The molecule has 0 atom stereocenters. The highest BCUT2D eigenvalue weighted by molar-refractivity contribution is 7.21. The first-order valence-corrected chi connectivity index (χ1v) is 10.4. The minimum atomic E-state index is -0.184. The Morgan fingerprint density at radius 3 is 2.67 bits per heavy atom. The molecule has 154 valence electrons. The van der Waals surface area contributed by atoms with Crippen LogP contribution in [0.1, 0.15) is 20.8 Å². The molecule has 0 saturated carbocycles. The van der Waals surface area contributed by atoms with E-state index in [1.54, 1.807) is 14.2 Å². The molecule has 4 aromatic rings. The maximum absolute atomic E-state index is 12.7. The highest BCUT2D eigenvalue weighted by atomic mass is 32.1. The van der Waals surface area contributed by atoms with E-state index in [1.165, 1.54) is 11.3 Å². The van der Waals surface area contributed by atoms with E-state index in [0.29, 0.717) is 35.0 Å². The predicted octanol–water partition coefficient (Wildman–Crippen LogP) is 4.33. The molecule has 0 unspecified atom stereocenters. The van der Waals surface area contributed by atoms with E-state index in [0.717, 1.165) is 32.2 Å². The second-order valence-electron chi connectivity index (χ2n) is 7.08. The molecular weight excluding hydrogens is 398 g/mol. The summed E-state index contributed by atoms with van der Waals surface area (Å²) in [6, 6.07) is 13.8. The van der Waals surface area contributed by atoms with Crippen molar-refractivity contribution in [3.8, 4) is 11.5 Å². The lowest BCUT2D eigenvalue weighted by Gasteiger charge is -2.10. The molecule has 0 bridgehead atoms. The highest BCUT2D eigenvalue weighted by Gasteiger charge is 2.18. The Balaban J connectivity index is 1.50. The van der Waals surface area contributed by atoms with E-state index in [2.05, 4.69) is 16.4 Å². The van der Waals surface area contributed by atoms with Gasteiger partial charge in [0.25, 0.3) is 5.91 Å². The lowest BCUT2D eigenvalue weighted by Crippen LogP contribution is -2.25. The summed E-state index contributed by atoms with van der Waals surface area (Å²) < 4.78 is 10.6. The number of nitrogens with two attached hydrogens (primary N) is 1. The highest BCUT2D eigenvalue weighted by Crippen LogP contribution is 2.34. The first kappa shape index (κ1) is 20.0. The number of nitrogens with one attached hydrogen (secondary N) is 1. The number of aromatic nitrogens is 1. The fraction of sp³-hybridized carbons (Fsp3) is 0.217. The number of pyridine rings is 1. The first-order chi connectivity index (χ1) is 14.5. The third-order valence-electron chi connectivity index (χ3n) is 5.02. The lowest BCUT2D eigenvalue weighted by atomic mass is 10.1. The second kappa shape index (κ2) is 8.20. The fourth-order valence-electron chi connectivity index (χ4n) is 3.43. The minimum absolute atomic E-state index is 0.184. The zero-order valence-corrected chi connectivity index (χ0v) is 17.9. The molecule has 0 fully saturated rings. The summed E-state index contributed by atoms with van der Waals surface area (Å²) >= 11 is 1.32. The van der Waals surface area contributed by atoms with Crippen molar-refractivity contribution < 1.29 is 14.3 Å². The van der Waals surface area contributed by atoms with Crippen LogP contribution in [0.5, 0.6) is 11.5 Å². The van der Waals surface area contributed by atoms with Crippen molar-refractivity contribution in [1.82, 2.24) is 10.3 Å². The summed E-state index contributed by atoms with van der Waals surface area (Å²) in [5.74, 6) is 1.16. The summed E-state index contributed by atoms with van der Waals surface area (Å²) in [7, 11) is 3.21. The molecule has 7 heteroatoms. The van der Waals surface area contributed by atoms with Gasteiger partial charge in [-0.25, -0.2) is 4.98 Å². The van der Waals surface area contributed by atoms with Gasteiger partial charge >= 0.3 is 0 Å². The Bertz CT molecular complexity index is 1250. The molecule has 0 aliphatic heterocycles. The average Bonchev–Trinajstić information content (AvgIpc) is 3.07. The summed E-state index contributed by atoms with van der Waals surface area (Å²) in [6.45, 7) is 2.52. The summed E-state index contributed by atoms with van der Waals surface area (Å²) in [4.78, 5) is 18.7. The Morgan fingerprint density at radius 2 is 1.90 bits per heavy atom. The number of anilines is 1. The third kappa shape index (κ3) is 3.76. The average molecular weight is 422 g/mol. The van der Waals surface area contributed by atoms with Crippen LogP contribution in [-0.2, 0) is 6.42 Å². The number of nitrogen functional groups attached to an aromatic ring is 1. The number of rotatable bonds is 6. The summed E-state index contributed by atoms with van der Waals surface area (Å²) in [6.07, 6.45) is 0.665. The number of amides is 1. The van der Waals surface area contributed by atoms with Gasteiger partial charge in [-0.05, 0) is 49.2 Å². The van der Waals surface area contributed by atoms with E-state index >= 15 is 0 Å². The number of aryl methyl sites for hydroxylation is 1. The van der Waals surface area contributed by atoms with Crippen molar-refractivity contribution in [3.63, 3.8) is 0 Å². The van der Waals surface area contributed by atoms with Crippen molar-refractivity contribution in [3.05, 3.63) is 58.5 Å². The SMILES string of the molecule is COc1ccc(CCNC(=O)c2sc3nc4ccc(C)cc4cc3c2N)cc1OC. The van der Waals surface area contributed by atoms with E-state index in [1.807, 2.05) is 43.3 Å². The minimum Gasteiger partial charge on any atom is -0.493 e. The molecule has 0 saturated heterocycles. The zero-order chi connectivity index (χ0) is 21.3.